The smallest absolute Gasteiger partial charge is 0.326 e. The van der Waals surface area contributed by atoms with E-state index in [9.17, 15) is 4.79 Å². The fraction of sp³-hybridized carbons (Fsp3) is 0.941. The first-order valence-electron chi connectivity index (χ1n) is 8.75. The molecule has 0 spiro atoms. The van der Waals surface area contributed by atoms with Crippen molar-refractivity contribution in [3.8, 4) is 0 Å². The Hall–Kier alpha value is -0.610. The van der Waals surface area contributed by atoms with Crippen LogP contribution in [-0.2, 0) is 9.53 Å². The molecule has 0 amide bonds. The van der Waals surface area contributed by atoms with Crippen molar-refractivity contribution in [2.45, 2.75) is 70.4 Å². The van der Waals surface area contributed by atoms with Gasteiger partial charge < -0.3 is 15.0 Å². The number of esters is 1. The van der Waals surface area contributed by atoms with Crippen LogP contribution < -0.4 is 5.32 Å². The van der Waals surface area contributed by atoms with E-state index in [0.717, 1.165) is 25.2 Å². The topological polar surface area (TPSA) is 41.6 Å². The van der Waals surface area contributed by atoms with Gasteiger partial charge in [0.2, 0.25) is 0 Å². The number of carbonyl (C=O) groups is 1. The van der Waals surface area contributed by atoms with Crippen LogP contribution in [0.25, 0.3) is 0 Å². The van der Waals surface area contributed by atoms with Crippen molar-refractivity contribution in [3.63, 3.8) is 0 Å². The average Bonchev–Trinajstić information content (AvgIpc) is 2.94. The van der Waals surface area contributed by atoms with Gasteiger partial charge in [-0.1, -0.05) is 19.8 Å². The van der Waals surface area contributed by atoms with Crippen LogP contribution in [0.4, 0.5) is 0 Å². The predicted octanol–water partition coefficient (Wildman–Crippen LogP) is 2.57. The molecular formula is C17H32N2O2. The van der Waals surface area contributed by atoms with Crippen molar-refractivity contribution >= 4 is 5.97 Å². The normalized spacial score (nSPS) is 31.5. The van der Waals surface area contributed by atoms with Gasteiger partial charge in [-0.15, -0.1) is 0 Å². The fourth-order valence-corrected chi connectivity index (χ4v) is 4.13. The maximum absolute atomic E-state index is 12.3. The summed E-state index contributed by atoms with van der Waals surface area (Å²) in [6.07, 6.45) is 8.26. The molecule has 2 fully saturated rings. The Labute approximate surface area is 129 Å². The summed E-state index contributed by atoms with van der Waals surface area (Å²) < 4.78 is 5.28. The number of nitrogens with one attached hydrogen (secondary N) is 1. The van der Waals surface area contributed by atoms with E-state index in [2.05, 4.69) is 17.1 Å². The zero-order valence-corrected chi connectivity index (χ0v) is 14.0. The lowest BCUT2D eigenvalue weighted by atomic mass is 9.91. The number of hydrogen-bond donors (Lipinski definition) is 1. The van der Waals surface area contributed by atoms with Gasteiger partial charge in [-0.2, -0.15) is 0 Å². The number of piperidine rings is 1. The monoisotopic (exact) mass is 296 g/mol. The Morgan fingerprint density at radius 3 is 2.57 bits per heavy atom. The van der Waals surface area contributed by atoms with E-state index < -0.39 is 5.54 Å². The number of likely N-dealkylation sites (tertiary alicyclic amines) is 1. The van der Waals surface area contributed by atoms with Gasteiger partial charge in [0, 0.05) is 6.04 Å². The van der Waals surface area contributed by atoms with Crippen molar-refractivity contribution in [2.75, 3.05) is 26.7 Å². The maximum Gasteiger partial charge on any atom is 0.326 e. The minimum Gasteiger partial charge on any atom is -0.465 e. The third-order valence-corrected chi connectivity index (χ3v) is 5.50. The fourth-order valence-electron chi connectivity index (χ4n) is 4.13. The highest BCUT2D eigenvalue weighted by Gasteiger charge is 2.47. The number of likely N-dealkylation sites (N-methyl/N-ethyl adjacent to an activating group) is 1. The van der Waals surface area contributed by atoms with Gasteiger partial charge in [0.15, 0.2) is 0 Å². The molecule has 1 heterocycles. The Morgan fingerprint density at radius 1 is 1.29 bits per heavy atom. The molecule has 4 nitrogen and oxygen atoms in total. The first kappa shape index (κ1) is 16.8. The highest BCUT2D eigenvalue weighted by molar-refractivity contribution is 5.81. The lowest BCUT2D eigenvalue weighted by Crippen LogP contribution is -2.51. The van der Waals surface area contributed by atoms with Gasteiger partial charge in [-0.25, -0.2) is 0 Å². The van der Waals surface area contributed by atoms with Gasteiger partial charge in [-0.3, -0.25) is 4.79 Å². The van der Waals surface area contributed by atoms with E-state index in [-0.39, 0.29) is 5.97 Å². The number of rotatable bonds is 6. The molecule has 0 aromatic carbocycles. The van der Waals surface area contributed by atoms with Gasteiger partial charge in [-0.05, 0) is 65.1 Å². The minimum atomic E-state index is -0.444. The number of nitrogens with zero attached hydrogens (tertiary/aromatic N) is 1. The summed E-state index contributed by atoms with van der Waals surface area (Å²) in [6, 6.07) is 0.546. The molecule has 2 atom stereocenters. The van der Waals surface area contributed by atoms with Crippen LogP contribution in [0.2, 0.25) is 0 Å². The number of hydrogen-bond acceptors (Lipinski definition) is 4. The van der Waals surface area contributed by atoms with E-state index in [4.69, 9.17) is 4.74 Å². The Bertz CT molecular complexity index is 340. The highest BCUT2D eigenvalue weighted by atomic mass is 16.5. The van der Waals surface area contributed by atoms with Crippen LogP contribution in [0.15, 0.2) is 0 Å². The first-order valence-corrected chi connectivity index (χ1v) is 8.75. The van der Waals surface area contributed by atoms with Crippen LogP contribution in [0.5, 0.6) is 0 Å². The summed E-state index contributed by atoms with van der Waals surface area (Å²) in [7, 11) is 1.90. The van der Waals surface area contributed by atoms with Gasteiger partial charge in [0.25, 0.3) is 0 Å². The average molecular weight is 296 g/mol. The molecule has 1 saturated carbocycles. The summed E-state index contributed by atoms with van der Waals surface area (Å²) >= 11 is 0. The summed E-state index contributed by atoms with van der Waals surface area (Å²) in [5.74, 6) is 0.864. The van der Waals surface area contributed by atoms with Crippen molar-refractivity contribution in [1.29, 1.82) is 0 Å². The summed E-state index contributed by atoms with van der Waals surface area (Å²) in [5.41, 5.74) is -0.444. The predicted molar refractivity (Wildman–Crippen MR) is 85.3 cm³/mol. The molecule has 0 aromatic heterocycles. The van der Waals surface area contributed by atoms with E-state index >= 15 is 0 Å². The standard InChI is InChI=1S/C17H32N2O2/c1-4-6-14-8-11-19(12-9-14)15-7-10-17(13-15,18-3)16(20)21-5-2/h14-15,18H,4-13H2,1-3H3. The lowest BCUT2D eigenvalue weighted by molar-refractivity contribution is -0.151. The second kappa shape index (κ2) is 7.59. The SMILES string of the molecule is CCCC1CCN(C2CCC(NC)(C(=O)OCC)C2)CC1. The minimum absolute atomic E-state index is 0.0594. The Balaban J connectivity index is 1.88. The molecule has 4 heteroatoms. The molecule has 2 unspecified atom stereocenters. The van der Waals surface area contributed by atoms with Gasteiger partial charge in [0.05, 0.1) is 6.61 Å². The summed E-state index contributed by atoms with van der Waals surface area (Å²) in [4.78, 5) is 14.9. The summed E-state index contributed by atoms with van der Waals surface area (Å²) in [6.45, 7) is 7.04. The molecular weight excluding hydrogens is 264 g/mol. The maximum atomic E-state index is 12.3. The lowest BCUT2D eigenvalue weighted by Gasteiger charge is -2.37. The molecule has 21 heavy (non-hydrogen) atoms. The third-order valence-electron chi connectivity index (χ3n) is 5.50. The van der Waals surface area contributed by atoms with Crippen LogP contribution in [-0.4, -0.2) is 49.2 Å². The molecule has 0 aromatic rings. The molecule has 1 aliphatic carbocycles. The second-order valence-electron chi connectivity index (χ2n) is 6.72. The van der Waals surface area contributed by atoms with Crippen molar-refractivity contribution in [3.05, 3.63) is 0 Å². The quantitative estimate of drug-likeness (QED) is 0.765. The Morgan fingerprint density at radius 2 is 2.00 bits per heavy atom. The van der Waals surface area contributed by atoms with E-state index in [1.165, 1.54) is 38.8 Å². The summed E-state index contributed by atoms with van der Waals surface area (Å²) in [5, 5.41) is 3.26. The van der Waals surface area contributed by atoms with Gasteiger partial charge in [0.1, 0.15) is 5.54 Å². The van der Waals surface area contributed by atoms with E-state index in [1.54, 1.807) is 0 Å². The van der Waals surface area contributed by atoms with Crippen molar-refractivity contribution < 1.29 is 9.53 Å². The molecule has 122 valence electrons. The molecule has 1 aliphatic heterocycles. The van der Waals surface area contributed by atoms with Crippen molar-refractivity contribution in [1.82, 2.24) is 10.2 Å². The first-order chi connectivity index (χ1) is 10.1. The van der Waals surface area contributed by atoms with Crippen molar-refractivity contribution in [2.24, 2.45) is 5.92 Å². The van der Waals surface area contributed by atoms with Gasteiger partial charge >= 0.3 is 5.97 Å². The van der Waals surface area contributed by atoms with Crippen LogP contribution in [0, 0.1) is 5.92 Å². The number of carbonyl (C=O) groups excluding carboxylic acids is 1. The molecule has 1 N–H and O–H groups in total. The molecule has 0 radical (unpaired) electrons. The number of ether oxygens (including phenoxy) is 1. The zero-order valence-electron chi connectivity index (χ0n) is 14.0. The van der Waals surface area contributed by atoms with E-state index in [1.807, 2.05) is 14.0 Å². The van der Waals surface area contributed by atoms with Crippen LogP contribution in [0.3, 0.4) is 0 Å². The third kappa shape index (κ3) is 3.78. The van der Waals surface area contributed by atoms with Crippen LogP contribution in [0.1, 0.15) is 58.8 Å². The Kier molecular flexibility index (Phi) is 6.06. The molecule has 1 saturated heterocycles. The van der Waals surface area contributed by atoms with Crippen LogP contribution >= 0.6 is 0 Å². The highest BCUT2D eigenvalue weighted by Crippen LogP contribution is 2.36. The zero-order chi connectivity index (χ0) is 15.3. The molecule has 0 bridgehead atoms. The molecule has 2 rings (SSSR count). The second-order valence-corrected chi connectivity index (χ2v) is 6.72. The molecule has 2 aliphatic rings. The van der Waals surface area contributed by atoms with E-state index in [0.29, 0.717) is 12.6 Å². The largest absolute Gasteiger partial charge is 0.465 e.